The molecule has 4 rings (SSSR count). The van der Waals surface area contributed by atoms with Crippen LogP contribution in [-0.4, -0.2) is 39.0 Å². The molecular weight excluding hydrogens is 374 g/mol. The molecule has 0 saturated heterocycles. The van der Waals surface area contributed by atoms with E-state index in [-0.39, 0.29) is 12.1 Å². The van der Waals surface area contributed by atoms with Crippen molar-refractivity contribution in [3.05, 3.63) is 47.9 Å². The van der Waals surface area contributed by atoms with Gasteiger partial charge in [-0.3, -0.25) is 14.9 Å². The number of amides is 2. The highest BCUT2D eigenvalue weighted by Gasteiger charge is 2.35. The van der Waals surface area contributed by atoms with Gasteiger partial charge in [-0.05, 0) is 44.0 Å². The second-order valence-electron chi connectivity index (χ2n) is 8.12. The van der Waals surface area contributed by atoms with Gasteiger partial charge in [0.05, 0.1) is 23.4 Å². The summed E-state index contributed by atoms with van der Waals surface area (Å²) in [5.41, 5.74) is 6.37. The largest absolute Gasteiger partial charge is 0.324 e. The van der Waals surface area contributed by atoms with Gasteiger partial charge in [-0.1, -0.05) is 26.7 Å². The molecular formula is C24H29N5O. The van der Waals surface area contributed by atoms with Crippen LogP contribution in [-0.2, 0) is 6.54 Å². The number of aromatic nitrogens is 3. The molecule has 0 unspecified atom stereocenters. The summed E-state index contributed by atoms with van der Waals surface area (Å²) in [5.74, 6) is 0. The van der Waals surface area contributed by atoms with E-state index in [1.807, 2.05) is 55.5 Å². The SMILES string of the molecule is CCCC(CCC)N1C(=O)N(C)Cc2cnc3ccc(-c4ccc(C)nc4)nc3c21. The number of aryl methyl sites for hydroxylation is 1. The zero-order chi connectivity index (χ0) is 21.3. The maximum absolute atomic E-state index is 13.3. The fourth-order valence-electron chi connectivity index (χ4n) is 4.27. The monoisotopic (exact) mass is 403 g/mol. The lowest BCUT2D eigenvalue weighted by atomic mass is 10.0. The quantitative estimate of drug-likeness (QED) is 0.557. The molecule has 0 bridgehead atoms. The lowest BCUT2D eigenvalue weighted by Crippen LogP contribution is -2.50. The van der Waals surface area contributed by atoms with Gasteiger partial charge >= 0.3 is 6.03 Å². The molecule has 6 nitrogen and oxygen atoms in total. The van der Waals surface area contributed by atoms with Crippen LogP contribution in [0.25, 0.3) is 22.3 Å². The molecule has 3 aromatic heterocycles. The first-order chi connectivity index (χ1) is 14.5. The van der Waals surface area contributed by atoms with Crippen molar-refractivity contribution in [3.63, 3.8) is 0 Å². The van der Waals surface area contributed by atoms with Gasteiger partial charge < -0.3 is 4.90 Å². The summed E-state index contributed by atoms with van der Waals surface area (Å²) < 4.78 is 0. The highest BCUT2D eigenvalue weighted by Crippen LogP contribution is 2.37. The third-order valence-corrected chi connectivity index (χ3v) is 5.76. The van der Waals surface area contributed by atoms with Crippen LogP contribution in [0, 0.1) is 6.92 Å². The first kappa shape index (κ1) is 20.3. The highest BCUT2D eigenvalue weighted by molar-refractivity contribution is 6.04. The van der Waals surface area contributed by atoms with E-state index in [0.717, 1.165) is 64.9 Å². The highest BCUT2D eigenvalue weighted by atomic mass is 16.2. The van der Waals surface area contributed by atoms with Crippen molar-refractivity contribution in [1.29, 1.82) is 0 Å². The molecule has 0 aliphatic carbocycles. The van der Waals surface area contributed by atoms with Crippen LogP contribution in [0.3, 0.4) is 0 Å². The molecule has 0 atom stereocenters. The summed E-state index contributed by atoms with van der Waals surface area (Å²) in [4.78, 5) is 31.1. The maximum atomic E-state index is 13.3. The average Bonchev–Trinajstić information content (AvgIpc) is 2.75. The summed E-state index contributed by atoms with van der Waals surface area (Å²) in [5, 5.41) is 0. The fourth-order valence-corrected chi connectivity index (χ4v) is 4.27. The fraction of sp³-hybridized carbons (Fsp3) is 0.417. The van der Waals surface area contributed by atoms with Crippen molar-refractivity contribution < 1.29 is 4.79 Å². The van der Waals surface area contributed by atoms with Crippen LogP contribution in [0.4, 0.5) is 10.5 Å². The molecule has 1 aliphatic heterocycles. The maximum Gasteiger partial charge on any atom is 0.324 e. The Kier molecular flexibility index (Phi) is 5.66. The van der Waals surface area contributed by atoms with E-state index in [1.54, 1.807) is 4.90 Å². The Balaban J connectivity index is 1.91. The molecule has 0 spiro atoms. The molecule has 3 aromatic rings. The predicted molar refractivity (Wildman–Crippen MR) is 120 cm³/mol. The van der Waals surface area contributed by atoms with Crippen molar-refractivity contribution in [3.8, 4) is 11.3 Å². The Hall–Kier alpha value is -3.02. The summed E-state index contributed by atoms with van der Waals surface area (Å²) in [6, 6.07) is 8.20. The van der Waals surface area contributed by atoms with Crippen LogP contribution in [0.2, 0.25) is 0 Å². The Morgan fingerprint density at radius 2 is 1.80 bits per heavy atom. The molecule has 156 valence electrons. The minimum absolute atomic E-state index is 0.0473. The number of rotatable bonds is 6. The molecule has 2 amide bonds. The van der Waals surface area contributed by atoms with Crippen molar-refractivity contribution >= 4 is 22.8 Å². The standard InChI is InChI=1S/C24H29N5O/c1-5-7-19(8-6-2)29-23-18(15-28(4)24(29)30)14-26-21-12-11-20(27-22(21)23)17-10-9-16(3)25-13-17/h9-14,19H,5-8,15H2,1-4H3. The molecule has 0 radical (unpaired) electrons. The molecule has 0 aromatic carbocycles. The third-order valence-electron chi connectivity index (χ3n) is 5.76. The third kappa shape index (κ3) is 3.62. The van der Waals surface area contributed by atoms with Crippen molar-refractivity contribution in [2.75, 3.05) is 11.9 Å². The lowest BCUT2D eigenvalue weighted by Gasteiger charge is -2.40. The number of carbonyl (C=O) groups excluding carboxylic acids is 1. The lowest BCUT2D eigenvalue weighted by molar-refractivity contribution is 0.206. The Labute approximate surface area is 178 Å². The minimum Gasteiger partial charge on any atom is -0.323 e. The van der Waals surface area contributed by atoms with Crippen LogP contribution in [0.1, 0.15) is 50.8 Å². The first-order valence-corrected chi connectivity index (χ1v) is 10.8. The van der Waals surface area contributed by atoms with Gasteiger partial charge in [0.2, 0.25) is 0 Å². The molecule has 30 heavy (non-hydrogen) atoms. The van der Waals surface area contributed by atoms with E-state index in [9.17, 15) is 4.79 Å². The van der Waals surface area contributed by atoms with E-state index < -0.39 is 0 Å². The summed E-state index contributed by atoms with van der Waals surface area (Å²) in [6.45, 7) is 6.87. The minimum atomic E-state index is 0.0473. The smallest absolute Gasteiger partial charge is 0.323 e. The van der Waals surface area contributed by atoms with Gasteiger partial charge in [0, 0.05) is 42.3 Å². The Bertz CT molecular complexity index is 1060. The zero-order valence-corrected chi connectivity index (χ0v) is 18.2. The average molecular weight is 404 g/mol. The summed E-state index contributed by atoms with van der Waals surface area (Å²) in [6.07, 6.45) is 7.75. The van der Waals surface area contributed by atoms with Gasteiger partial charge in [0.1, 0.15) is 5.52 Å². The molecule has 1 aliphatic rings. The van der Waals surface area contributed by atoms with Crippen LogP contribution in [0.5, 0.6) is 0 Å². The normalized spacial score (nSPS) is 14.0. The number of pyridine rings is 3. The van der Waals surface area contributed by atoms with Gasteiger partial charge in [0.25, 0.3) is 0 Å². The number of urea groups is 1. The van der Waals surface area contributed by atoms with Gasteiger partial charge in [-0.15, -0.1) is 0 Å². The van der Waals surface area contributed by atoms with Crippen molar-refractivity contribution in [2.45, 2.75) is 59.0 Å². The first-order valence-electron chi connectivity index (χ1n) is 10.8. The topological polar surface area (TPSA) is 62.2 Å². The summed E-state index contributed by atoms with van der Waals surface area (Å²) in [7, 11) is 1.86. The Morgan fingerprint density at radius 3 is 2.47 bits per heavy atom. The van der Waals surface area contributed by atoms with Crippen molar-refractivity contribution in [1.82, 2.24) is 19.9 Å². The van der Waals surface area contributed by atoms with Crippen LogP contribution in [0.15, 0.2) is 36.7 Å². The van der Waals surface area contributed by atoms with E-state index in [4.69, 9.17) is 4.98 Å². The second kappa shape index (κ2) is 8.38. The van der Waals surface area contributed by atoms with E-state index in [0.29, 0.717) is 6.54 Å². The van der Waals surface area contributed by atoms with Crippen LogP contribution < -0.4 is 4.90 Å². The number of nitrogens with zero attached hydrogens (tertiary/aromatic N) is 5. The van der Waals surface area contributed by atoms with Crippen molar-refractivity contribution in [2.24, 2.45) is 0 Å². The van der Waals surface area contributed by atoms with E-state index >= 15 is 0 Å². The second-order valence-corrected chi connectivity index (χ2v) is 8.12. The number of carbonyl (C=O) groups is 1. The Morgan fingerprint density at radius 1 is 1.03 bits per heavy atom. The van der Waals surface area contributed by atoms with Gasteiger partial charge in [-0.25, -0.2) is 9.78 Å². The molecule has 6 heteroatoms. The molecule has 4 heterocycles. The molecule has 0 saturated carbocycles. The van der Waals surface area contributed by atoms with Gasteiger partial charge in [-0.2, -0.15) is 0 Å². The predicted octanol–water partition coefficient (Wildman–Crippen LogP) is 5.34. The summed E-state index contributed by atoms with van der Waals surface area (Å²) >= 11 is 0. The number of hydrogen-bond donors (Lipinski definition) is 0. The van der Waals surface area contributed by atoms with E-state index in [2.05, 4.69) is 23.8 Å². The number of hydrogen-bond acceptors (Lipinski definition) is 4. The number of anilines is 1. The number of fused-ring (bicyclic) bond motifs is 3. The molecule has 0 fully saturated rings. The van der Waals surface area contributed by atoms with Gasteiger partial charge in [0.15, 0.2) is 0 Å². The zero-order valence-electron chi connectivity index (χ0n) is 18.2. The van der Waals surface area contributed by atoms with E-state index in [1.165, 1.54) is 0 Å². The molecule has 0 N–H and O–H groups in total. The van der Waals surface area contributed by atoms with Crippen LogP contribution >= 0.6 is 0 Å².